The van der Waals surface area contributed by atoms with Gasteiger partial charge in [-0.15, -0.1) is 0 Å². The molecule has 0 bridgehead atoms. The van der Waals surface area contributed by atoms with Crippen molar-refractivity contribution < 1.29 is 38.2 Å². The number of allylic oxidation sites excluding steroid dienone is 22. The van der Waals surface area contributed by atoms with E-state index in [-0.39, 0.29) is 49.5 Å². The molecule has 8 heteroatoms. The van der Waals surface area contributed by atoms with Crippen molar-refractivity contribution in [3.8, 4) is 0 Å². The van der Waals surface area contributed by atoms with Gasteiger partial charge < -0.3 is 28.6 Å². The van der Waals surface area contributed by atoms with Crippen molar-refractivity contribution in [2.24, 2.45) is 0 Å². The summed E-state index contributed by atoms with van der Waals surface area (Å²) < 4.78 is 17.1. The minimum absolute atomic E-state index is 0.0138. The number of nitrogens with zero attached hydrogens (tertiary/aromatic N) is 1. The van der Waals surface area contributed by atoms with Crippen molar-refractivity contribution >= 4 is 17.9 Å². The molecule has 0 aliphatic rings. The summed E-state index contributed by atoms with van der Waals surface area (Å²) in [6.07, 6.45) is 65.0. The van der Waals surface area contributed by atoms with Crippen LogP contribution in [0, 0.1) is 0 Å². The van der Waals surface area contributed by atoms with Gasteiger partial charge in [0.25, 0.3) is 0 Å². The Kier molecular flexibility index (Phi) is 41.9. The third-order valence-corrected chi connectivity index (χ3v) is 9.78. The summed E-state index contributed by atoms with van der Waals surface area (Å²) in [6, 6.07) is -0.755. The fourth-order valence-corrected chi connectivity index (χ4v) is 6.05. The SMILES string of the molecule is CC/C=C/C/C=C/C/C=C/C/C=C/C/C=C/C/C=C/CCC(=O)OC(COCCC(C(=O)[O-])[N+](C)(C)C)COC(=O)CCCC/C=C/C/C=C/C/C=C/C/C=C/C/C=C/CCCCC. The fraction of sp³-hybridized carbons (Fsp3) is 0.554. The lowest BCUT2D eigenvalue weighted by Gasteiger charge is -2.34. The number of carbonyl (C=O) groups is 3. The zero-order valence-corrected chi connectivity index (χ0v) is 40.6. The highest BCUT2D eigenvalue weighted by atomic mass is 16.6. The number of carboxylic acids is 1. The molecule has 0 aromatic heterocycles. The van der Waals surface area contributed by atoms with Crippen molar-refractivity contribution in [3.63, 3.8) is 0 Å². The topological polar surface area (TPSA) is 102 Å². The Balaban J connectivity index is 4.53. The molecule has 0 aromatic rings. The number of carboxylic acid groups (broad SMARTS) is 1. The third-order valence-electron chi connectivity index (χ3n) is 9.78. The van der Waals surface area contributed by atoms with Crippen LogP contribution in [0.2, 0.25) is 0 Å². The zero-order valence-electron chi connectivity index (χ0n) is 40.6. The monoisotopic (exact) mass is 886 g/mol. The standard InChI is InChI=1S/C56H87NO7/c1-6-8-10-12-14-16-18-20-22-24-26-27-29-30-32-34-36-38-40-42-44-46-54(58)63-51-52(50-62-49-48-53(56(60)61)57(3,4)5)64-55(59)47-45-43-41-39-37-35-33-31-28-25-23-21-19-17-15-13-11-9-7-2/h9,11,14-17,20-23,26-28,30-32,35-38,41,43,52-53H,6-8,10,12-13,18-19,24-25,29,33-34,39-40,42,44-51H2,1-5H3/b11-9+,16-14+,17-15+,22-20+,23-21+,27-26+,31-28+,32-30+,37-35+,38-36+,43-41+. The summed E-state index contributed by atoms with van der Waals surface area (Å²) in [5, 5.41) is 11.7. The van der Waals surface area contributed by atoms with Crippen LogP contribution in [-0.2, 0) is 28.6 Å². The number of rotatable bonds is 41. The molecule has 0 amide bonds. The van der Waals surface area contributed by atoms with Crippen LogP contribution < -0.4 is 5.11 Å². The number of hydrogen-bond donors (Lipinski definition) is 0. The Morgan fingerprint density at radius 1 is 0.484 bits per heavy atom. The summed E-state index contributed by atoms with van der Waals surface area (Å²) in [5.41, 5.74) is 0. The first-order chi connectivity index (χ1) is 31.1. The van der Waals surface area contributed by atoms with E-state index < -0.39 is 24.1 Å². The first-order valence-corrected chi connectivity index (χ1v) is 24.2. The largest absolute Gasteiger partial charge is 0.544 e. The minimum atomic E-state index is -1.15. The lowest BCUT2D eigenvalue weighted by atomic mass is 10.1. The van der Waals surface area contributed by atoms with Crippen LogP contribution in [0.5, 0.6) is 0 Å². The molecule has 2 unspecified atom stereocenters. The maximum Gasteiger partial charge on any atom is 0.306 e. The van der Waals surface area contributed by atoms with E-state index in [2.05, 4.69) is 135 Å². The van der Waals surface area contributed by atoms with E-state index >= 15 is 0 Å². The number of carbonyl (C=O) groups excluding carboxylic acids is 3. The normalized spacial score (nSPS) is 14.1. The van der Waals surface area contributed by atoms with E-state index in [1.165, 1.54) is 25.7 Å². The maximum atomic E-state index is 12.7. The molecule has 0 radical (unpaired) electrons. The van der Waals surface area contributed by atoms with Gasteiger partial charge in [-0.3, -0.25) is 9.59 Å². The quantitative estimate of drug-likeness (QED) is 0.0261. The number of esters is 2. The summed E-state index contributed by atoms with van der Waals surface area (Å²) >= 11 is 0. The summed E-state index contributed by atoms with van der Waals surface area (Å²) in [7, 11) is 5.35. The molecule has 0 spiro atoms. The Morgan fingerprint density at radius 3 is 1.30 bits per heavy atom. The Bertz CT molecular complexity index is 1500. The van der Waals surface area contributed by atoms with Gasteiger partial charge in [-0.05, 0) is 103 Å². The Morgan fingerprint density at radius 2 is 0.891 bits per heavy atom. The molecule has 0 rings (SSSR count). The van der Waals surface area contributed by atoms with E-state index in [1.54, 1.807) is 21.1 Å². The van der Waals surface area contributed by atoms with Gasteiger partial charge in [-0.25, -0.2) is 0 Å². The highest BCUT2D eigenvalue weighted by Gasteiger charge is 2.25. The average Bonchev–Trinajstić information content (AvgIpc) is 3.26. The van der Waals surface area contributed by atoms with Crippen molar-refractivity contribution in [1.82, 2.24) is 0 Å². The summed E-state index contributed by atoms with van der Waals surface area (Å²) in [4.78, 5) is 36.9. The van der Waals surface area contributed by atoms with Crippen molar-refractivity contribution in [2.45, 2.75) is 161 Å². The van der Waals surface area contributed by atoms with Gasteiger partial charge in [-0.1, -0.05) is 160 Å². The summed E-state index contributed by atoms with van der Waals surface area (Å²) in [5.74, 6) is -1.92. The average molecular weight is 886 g/mol. The molecule has 2 atom stereocenters. The van der Waals surface area contributed by atoms with Crippen LogP contribution in [0.25, 0.3) is 0 Å². The second kappa shape index (κ2) is 45.1. The molecular weight excluding hydrogens is 799 g/mol. The van der Waals surface area contributed by atoms with Crippen LogP contribution in [0.3, 0.4) is 0 Å². The van der Waals surface area contributed by atoms with Gasteiger partial charge in [0.15, 0.2) is 6.10 Å². The third kappa shape index (κ3) is 42.8. The van der Waals surface area contributed by atoms with Crippen LogP contribution in [0.4, 0.5) is 0 Å². The number of aliphatic carboxylic acids is 1. The summed E-state index contributed by atoms with van der Waals surface area (Å²) in [6.45, 7) is 4.36. The molecule has 8 nitrogen and oxygen atoms in total. The number of hydrogen-bond acceptors (Lipinski definition) is 7. The molecule has 0 heterocycles. The lowest BCUT2D eigenvalue weighted by Crippen LogP contribution is -2.55. The molecular formula is C56H87NO7. The van der Waals surface area contributed by atoms with Crippen LogP contribution in [-0.4, -0.2) is 75.5 Å². The number of likely N-dealkylation sites (N-methyl/N-ethyl adjacent to an activating group) is 1. The smallest absolute Gasteiger partial charge is 0.306 e. The van der Waals surface area contributed by atoms with Gasteiger partial charge >= 0.3 is 11.9 Å². The second-order valence-corrected chi connectivity index (χ2v) is 16.6. The van der Waals surface area contributed by atoms with E-state index in [0.717, 1.165) is 77.0 Å². The van der Waals surface area contributed by atoms with Gasteiger partial charge in [0.05, 0.1) is 40.3 Å². The van der Waals surface area contributed by atoms with Gasteiger partial charge in [0.1, 0.15) is 12.6 Å². The molecule has 358 valence electrons. The van der Waals surface area contributed by atoms with Crippen LogP contribution in [0.15, 0.2) is 134 Å². The molecule has 0 aliphatic heterocycles. The van der Waals surface area contributed by atoms with Crippen LogP contribution >= 0.6 is 0 Å². The van der Waals surface area contributed by atoms with Gasteiger partial charge in [0, 0.05) is 19.3 Å². The number of quaternary nitrogens is 1. The van der Waals surface area contributed by atoms with E-state index in [0.29, 0.717) is 12.8 Å². The van der Waals surface area contributed by atoms with Crippen LogP contribution in [0.1, 0.15) is 149 Å². The van der Waals surface area contributed by atoms with E-state index in [9.17, 15) is 19.5 Å². The first kappa shape index (κ1) is 59.5. The molecule has 0 fully saturated rings. The molecule has 0 saturated heterocycles. The van der Waals surface area contributed by atoms with Crippen molar-refractivity contribution in [3.05, 3.63) is 134 Å². The maximum absolute atomic E-state index is 12.7. The molecule has 64 heavy (non-hydrogen) atoms. The highest BCUT2D eigenvalue weighted by Crippen LogP contribution is 2.10. The van der Waals surface area contributed by atoms with Gasteiger partial charge in [0.2, 0.25) is 0 Å². The van der Waals surface area contributed by atoms with E-state index in [4.69, 9.17) is 14.2 Å². The van der Waals surface area contributed by atoms with Crippen molar-refractivity contribution in [2.75, 3.05) is 41.0 Å². The molecule has 0 aromatic carbocycles. The number of ether oxygens (including phenoxy) is 3. The molecule has 0 N–H and O–H groups in total. The number of unbranched alkanes of at least 4 members (excludes halogenated alkanes) is 5. The predicted octanol–water partition coefficient (Wildman–Crippen LogP) is 12.6. The second-order valence-electron chi connectivity index (χ2n) is 16.6. The zero-order chi connectivity index (χ0) is 47.0. The molecule has 0 saturated carbocycles. The molecule has 0 aliphatic carbocycles. The fourth-order valence-electron chi connectivity index (χ4n) is 6.05. The predicted molar refractivity (Wildman–Crippen MR) is 267 cm³/mol. The van der Waals surface area contributed by atoms with Gasteiger partial charge in [-0.2, -0.15) is 0 Å². The van der Waals surface area contributed by atoms with Crippen molar-refractivity contribution in [1.29, 1.82) is 0 Å². The Hall–Kier alpha value is -4.53. The van der Waals surface area contributed by atoms with E-state index in [1.807, 2.05) is 12.2 Å². The Labute approximate surface area is 390 Å². The minimum Gasteiger partial charge on any atom is -0.544 e. The highest BCUT2D eigenvalue weighted by molar-refractivity contribution is 5.70. The lowest BCUT2D eigenvalue weighted by molar-refractivity contribution is -0.889. The first-order valence-electron chi connectivity index (χ1n) is 24.2.